The highest BCUT2D eigenvalue weighted by molar-refractivity contribution is 8.20. The lowest BCUT2D eigenvalue weighted by atomic mass is 10.8. The van der Waals surface area contributed by atoms with Crippen LogP contribution in [0.3, 0.4) is 0 Å². The summed E-state index contributed by atoms with van der Waals surface area (Å²) in [5.74, 6) is 2.61. The third-order valence-corrected chi connectivity index (χ3v) is 3.96. The Kier molecular flexibility index (Phi) is 3.08. The molecule has 1 nitrogen and oxygen atoms in total. The van der Waals surface area contributed by atoms with E-state index in [1.165, 1.54) is 11.5 Å². The molecule has 0 spiro atoms. The molecule has 0 radical (unpaired) electrons. The van der Waals surface area contributed by atoms with Crippen LogP contribution >= 0.6 is 23.5 Å². The SMILES string of the molecule is COCC1SCCS1. The minimum absolute atomic E-state index is 0.722. The van der Waals surface area contributed by atoms with Gasteiger partial charge in [0.05, 0.1) is 11.2 Å². The maximum atomic E-state index is 4.98. The Bertz CT molecular complexity index is 61.4. The number of methoxy groups -OCH3 is 1. The molecule has 1 aliphatic rings. The third kappa shape index (κ3) is 1.88. The molecular weight excluding hydrogens is 140 g/mol. The molecule has 48 valence electrons. The molecule has 0 saturated carbocycles. The van der Waals surface area contributed by atoms with Gasteiger partial charge >= 0.3 is 0 Å². The number of thioether (sulfide) groups is 2. The maximum Gasteiger partial charge on any atom is 0.0736 e. The average Bonchev–Trinajstić information content (AvgIpc) is 2.19. The van der Waals surface area contributed by atoms with Crippen molar-refractivity contribution in [2.75, 3.05) is 25.2 Å². The molecule has 0 aliphatic carbocycles. The molecule has 0 aromatic heterocycles. The summed E-state index contributed by atoms with van der Waals surface area (Å²) >= 11 is 4.01. The van der Waals surface area contributed by atoms with Gasteiger partial charge in [0, 0.05) is 18.6 Å². The van der Waals surface area contributed by atoms with Crippen molar-refractivity contribution in [3.8, 4) is 0 Å². The first-order valence-corrected chi connectivity index (χ1v) is 4.75. The van der Waals surface area contributed by atoms with E-state index in [1.54, 1.807) is 7.11 Å². The van der Waals surface area contributed by atoms with E-state index in [4.69, 9.17) is 4.74 Å². The Morgan fingerprint density at radius 3 is 2.62 bits per heavy atom. The largest absolute Gasteiger partial charge is 0.383 e. The quantitative estimate of drug-likeness (QED) is 0.589. The highest BCUT2D eigenvalue weighted by Gasteiger charge is 2.14. The van der Waals surface area contributed by atoms with Gasteiger partial charge in [0.25, 0.3) is 0 Å². The van der Waals surface area contributed by atoms with E-state index < -0.39 is 0 Å². The van der Waals surface area contributed by atoms with Crippen molar-refractivity contribution < 1.29 is 4.74 Å². The predicted molar refractivity (Wildman–Crippen MR) is 40.6 cm³/mol. The lowest BCUT2D eigenvalue weighted by Gasteiger charge is -2.03. The molecule has 1 aliphatic heterocycles. The van der Waals surface area contributed by atoms with Gasteiger partial charge in [-0.2, -0.15) is 0 Å². The van der Waals surface area contributed by atoms with Crippen molar-refractivity contribution in [1.82, 2.24) is 0 Å². The summed E-state index contributed by atoms with van der Waals surface area (Å²) < 4.78 is 5.71. The molecule has 1 fully saturated rings. The van der Waals surface area contributed by atoms with Crippen LogP contribution in [0.15, 0.2) is 0 Å². The second kappa shape index (κ2) is 3.64. The standard InChI is InChI=1S/C5H10OS2/c1-6-4-5-7-2-3-8-5/h5H,2-4H2,1H3. The molecule has 0 unspecified atom stereocenters. The summed E-state index contributed by atoms with van der Waals surface area (Å²) in [5, 5.41) is 0. The number of rotatable bonds is 2. The highest BCUT2D eigenvalue weighted by Crippen LogP contribution is 2.31. The molecule has 1 saturated heterocycles. The Hall–Kier alpha value is 0.660. The molecule has 0 amide bonds. The zero-order valence-corrected chi connectivity index (χ0v) is 6.56. The van der Waals surface area contributed by atoms with Crippen molar-refractivity contribution in [1.29, 1.82) is 0 Å². The number of hydrogen-bond acceptors (Lipinski definition) is 3. The fourth-order valence-corrected chi connectivity index (χ4v) is 3.36. The Morgan fingerprint density at radius 2 is 2.12 bits per heavy atom. The first-order chi connectivity index (χ1) is 3.93. The predicted octanol–water partition coefficient (Wildman–Crippen LogP) is 1.44. The fraction of sp³-hybridized carbons (Fsp3) is 1.00. The van der Waals surface area contributed by atoms with Crippen LogP contribution in [0.1, 0.15) is 0 Å². The first kappa shape index (κ1) is 6.78. The maximum absolute atomic E-state index is 4.98. The van der Waals surface area contributed by atoms with Gasteiger partial charge in [0.15, 0.2) is 0 Å². The van der Waals surface area contributed by atoms with Crippen LogP contribution in [-0.2, 0) is 4.74 Å². The summed E-state index contributed by atoms with van der Waals surface area (Å²) in [7, 11) is 1.76. The average molecular weight is 150 g/mol. The van der Waals surface area contributed by atoms with Crippen molar-refractivity contribution >= 4 is 23.5 Å². The van der Waals surface area contributed by atoms with Crippen molar-refractivity contribution in [3.05, 3.63) is 0 Å². The Labute approximate surface area is 58.6 Å². The van der Waals surface area contributed by atoms with Crippen molar-refractivity contribution in [2.24, 2.45) is 0 Å². The molecule has 1 rings (SSSR count). The van der Waals surface area contributed by atoms with E-state index in [1.807, 2.05) is 23.5 Å². The van der Waals surface area contributed by atoms with Crippen LogP contribution in [0.25, 0.3) is 0 Å². The van der Waals surface area contributed by atoms with Gasteiger partial charge in [-0.1, -0.05) is 0 Å². The molecule has 0 N–H and O–H groups in total. The Balaban J connectivity index is 2.06. The van der Waals surface area contributed by atoms with Crippen molar-refractivity contribution in [3.63, 3.8) is 0 Å². The molecule has 1 heterocycles. The molecule has 0 aromatic carbocycles. The lowest BCUT2D eigenvalue weighted by molar-refractivity contribution is 0.214. The smallest absolute Gasteiger partial charge is 0.0736 e. The van der Waals surface area contributed by atoms with Gasteiger partial charge in [-0.15, -0.1) is 23.5 Å². The summed E-state index contributed by atoms with van der Waals surface area (Å²) in [6.07, 6.45) is 0. The van der Waals surface area contributed by atoms with E-state index in [-0.39, 0.29) is 0 Å². The van der Waals surface area contributed by atoms with E-state index in [2.05, 4.69) is 0 Å². The van der Waals surface area contributed by atoms with Crippen LogP contribution in [0.5, 0.6) is 0 Å². The van der Waals surface area contributed by atoms with Crippen LogP contribution in [0.2, 0.25) is 0 Å². The molecule has 0 atom stereocenters. The normalized spacial score (nSPS) is 22.1. The van der Waals surface area contributed by atoms with Crippen molar-refractivity contribution in [2.45, 2.75) is 4.58 Å². The van der Waals surface area contributed by atoms with E-state index in [9.17, 15) is 0 Å². The molecule has 0 aromatic rings. The highest BCUT2D eigenvalue weighted by atomic mass is 32.2. The van der Waals surface area contributed by atoms with Crippen LogP contribution in [-0.4, -0.2) is 29.8 Å². The first-order valence-electron chi connectivity index (χ1n) is 2.65. The summed E-state index contributed by atoms with van der Waals surface area (Å²) in [6.45, 7) is 0.912. The fourth-order valence-electron chi connectivity index (χ4n) is 0.640. The third-order valence-electron chi connectivity index (χ3n) is 0.994. The Morgan fingerprint density at radius 1 is 1.50 bits per heavy atom. The molecular formula is C5H10OS2. The zero-order chi connectivity index (χ0) is 5.82. The van der Waals surface area contributed by atoms with Crippen LogP contribution in [0, 0.1) is 0 Å². The number of hydrogen-bond donors (Lipinski definition) is 0. The topological polar surface area (TPSA) is 9.23 Å². The second-order valence-corrected chi connectivity index (χ2v) is 4.55. The van der Waals surface area contributed by atoms with Gasteiger partial charge in [-0.05, 0) is 0 Å². The van der Waals surface area contributed by atoms with Gasteiger partial charge in [-0.3, -0.25) is 0 Å². The van der Waals surface area contributed by atoms with Gasteiger partial charge in [-0.25, -0.2) is 0 Å². The minimum atomic E-state index is 0.722. The number of ether oxygens (including phenoxy) is 1. The monoisotopic (exact) mass is 150 g/mol. The second-order valence-electron chi connectivity index (χ2n) is 1.63. The van der Waals surface area contributed by atoms with E-state index in [0.29, 0.717) is 0 Å². The summed E-state index contributed by atoms with van der Waals surface area (Å²) in [6, 6.07) is 0. The van der Waals surface area contributed by atoms with Crippen LogP contribution < -0.4 is 0 Å². The van der Waals surface area contributed by atoms with Gasteiger partial charge < -0.3 is 4.74 Å². The lowest BCUT2D eigenvalue weighted by Crippen LogP contribution is -2.00. The molecule has 8 heavy (non-hydrogen) atoms. The van der Waals surface area contributed by atoms with E-state index in [0.717, 1.165) is 11.2 Å². The summed E-state index contributed by atoms with van der Waals surface area (Å²) in [4.78, 5) is 0. The van der Waals surface area contributed by atoms with E-state index >= 15 is 0 Å². The summed E-state index contributed by atoms with van der Waals surface area (Å²) in [5.41, 5.74) is 0. The molecule has 3 heteroatoms. The van der Waals surface area contributed by atoms with Gasteiger partial charge in [0.2, 0.25) is 0 Å². The minimum Gasteiger partial charge on any atom is -0.383 e. The zero-order valence-electron chi connectivity index (χ0n) is 4.92. The molecule has 0 bridgehead atoms. The van der Waals surface area contributed by atoms with Crippen LogP contribution in [0.4, 0.5) is 0 Å². The van der Waals surface area contributed by atoms with Gasteiger partial charge in [0.1, 0.15) is 0 Å².